The Morgan fingerprint density at radius 3 is 2.85 bits per heavy atom. The lowest BCUT2D eigenvalue weighted by Crippen LogP contribution is -2.31. The van der Waals surface area contributed by atoms with Gasteiger partial charge in [-0.2, -0.15) is 0 Å². The third kappa shape index (κ3) is 3.48. The molecule has 0 unspecified atom stereocenters. The predicted molar refractivity (Wildman–Crippen MR) is 84.3 cm³/mol. The second-order valence-corrected chi connectivity index (χ2v) is 6.35. The largest absolute Gasteiger partial charge is 0.376 e. The third-order valence-corrected chi connectivity index (χ3v) is 4.74. The van der Waals surface area contributed by atoms with E-state index in [1.165, 1.54) is 4.70 Å². The molecule has 0 atom stereocenters. The molecule has 1 heterocycles. The fraction of sp³-hybridized carbons (Fsp3) is 0.533. The number of fused-ring (bicyclic) bond motifs is 1. The molecule has 1 fully saturated rings. The van der Waals surface area contributed by atoms with E-state index in [4.69, 9.17) is 10.5 Å². The zero-order valence-electron chi connectivity index (χ0n) is 11.5. The van der Waals surface area contributed by atoms with Crippen LogP contribution in [-0.2, 0) is 4.74 Å². The topological polar surface area (TPSA) is 60.2 Å². The Morgan fingerprint density at radius 1 is 1.25 bits per heavy atom. The van der Waals surface area contributed by atoms with Gasteiger partial charge in [0.15, 0.2) is 5.13 Å². The second kappa shape index (κ2) is 6.52. The zero-order chi connectivity index (χ0) is 13.8. The van der Waals surface area contributed by atoms with E-state index in [1.54, 1.807) is 11.3 Å². The number of ether oxygens (including phenoxy) is 1. The van der Waals surface area contributed by atoms with Crippen LogP contribution in [0.5, 0.6) is 0 Å². The van der Waals surface area contributed by atoms with Crippen LogP contribution < -0.4 is 11.1 Å². The molecule has 2 aromatic rings. The Hall–Kier alpha value is -1.17. The van der Waals surface area contributed by atoms with Crippen molar-refractivity contribution >= 4 is 26.7 Å². The lowest BCUT2D eigenvalue weighted by atomic mass is 9.94. The van der Waals surface area contributed by atoms with E-state index in [0.29, 0.717) is 12.1 Å². The van der Waals surface area contributed by atoms with E-state index in [-0.39, 0.29) is 0 Å². The van der Waals surface area contributed by atoms with Gasteiger partial charge in [0.25, 0.3) is 0 Å². The van der Waals surface area contributed by atoms with Gasteiger partial charge in [-0.15, -0.1) is 0 Å². The minimum Gasteiger partial charge on any atom is -0.376 e. The van der Waals surface area contributed by atoms with Crippen LogP contribution in [0.25, 0.3) is 10.2 Å². The minimum absolute atomic E-state index is 0.385. The van der Waals surface area contributed by atoms with Crippen molar-refractivity contribution in [3.63, 3.8) is 0 Å². The molecule has 1 aliphatic carbocycles. The molecule has 1 aliphatic rings. The van der Waals surface area contributed by atoms with E-state index < -0.39 is 0 Å². The molecule has 20 heavy (non-hydrogen) atoms. The maximum absolute atomic E-state index is 5.89. The summed E-state index contributed by atoms with van der Waals surface area (Å²) >= 11 is 1.69. The lowest BCUT2D eigenvalue weighted by molar-refractivity contribution is 0.0313. The van der Waals surface area contributed by atoms with Crippen LogP contribution in [0.4, 0.5) is 5.13 Å². The molecule has 1 aromatic carbocycles. The number of anilines is 1. The summed E-state index contributed by atoms with van der Waals surface area (Å²) in [5, 5.41) is 4.31. The smallest absolute Gasteiger partial charge is 0.183 e. The molecule has 1 aromatic heterocycles. The quantitative estimate of drug-likeness (QED) is 0.831. The van der Waals surface area contributed by atoms with Gasteiger partial charge in [-0.05, 0) is 37.8 Å². The zero-order valence-corrected chi connectivity index (χ0v) is 12.4. The number of aromatic nitrogens is 1. The first-order valence-corrected chi connectivity index (χ1v) is 8.09. The van der Waals surface area contributed by atoms with Crippen molar-refractivity contribution in [2.75, 3.05) is 18.5 Å². The molecular formula is C15H21N3OS. The summed E-state index contributed by atoms with van der Waals surface area (Å²) in [5.74, 6) is 0. The van der Waals surface area contributed by atoms with Gasteiger partial charge in [0.05, 0.1) is 22.9 Å². The fourth-order valence-electron chi connectivity index (χ4n) is 2.59. The summed E-state index contributed by atoms with van der Waals surface area (Å²) in [6, 6.07) is 8.58. The number of nitrogens with zero attached hydrogens (tertiary/aromatic N) is 1. The van der Waals surface area contributed by atoms with Crippen molar-refractivity contribution in [2.45, 2.75) is 37.8 Å². The van der Waals surface area contributed by atoms with Crippen LogP contribution in [0.2, 0.25) is 0 Å². The van der Waals surface area contributed by atoms with Gasteiger partial charge in [-0.25, -0.2) is 4.98 Å². The number of benzene rings is 1. The summed E-state index contributed by atoms with van der Waals surface area (Å²) in [5.41, 5.74) is 6.95. The SMILES string of the molecule is NC1CCC(OCCNc2nc3ccccc3s2)CC1. The van der Waals surface area contributed by atoms with Crippen LogP contribution in [0, 0.1) is 0 Å². The molecule has 5 heteroatoms. The second-order valence-electron chi connectivity index (χ2n) is 5.32. The Bertz CT molecular complexity index is 516. The van der Waals surface area contributed by atoms with Gasteiger partial charge in [0.1, 0.15) is 0 Å². The normalized spacial score (nSPS) is 23.1. The van der Waals surface area contributed by atoms with Crippen LogP contribution in [0.15, 0.2) is 24.3 Å². The summed E-state index contributed by atoms with van der Waals surface area (Å²) in [7, 11) is 0. The predicted octanol–water partition coefficient (Wildman–Crippen LogP) is 2.99. The van der Waals surface area contributed by atoms with E-state index >= 15 is 0 Å². The number of rotatable bonds is 5. The van der Waals surface area contributed by atoms with Gasteiger partial charge in [-0.1, -0.05) is 23.5 Å². The number of nitrogens with one attached hydrogen (secondary N) is 1. The standard InChI is InChI=1S/C15H21N3OS/c16-11-5-7-12(8-6-11)19-10-9-17-15-18-13-3-1-2-4-14(13)20-15/h1-4,11-12H,5-10,16H2,(H,17,18). The van der Waals surface area contributed by atoms with Crippen molar-refractivity contribution in [3.8, 4) is 0 Å². The number of hydrogen-bond donors (Lipinski definition) is 2. The molecular weight excluding hydrogens is 270 g/mol. The van der Waals surface area contributed by atoms with E-state index in [9.17, 15) is 0 Å². The third-order valence-electron chi connectivity index (χ3n) is 3.74. The molecule has 4 nitrogen and oxygen atoms in total. The van der Waals surface area contributed by atoms with Gasteiger partial charge in [0, 0.05) is 12.6 Å². The maximum Gasteiger partial charge on any atom is 0.183 e. The van der Waals surface area contributed by atoms with Crippen molar-refractivity contribution < 1.29 is 4.74 Å². The van der Waals surface area contributed by atoms with Crippen LogP contribution in [0.1, 0.15) is 25.7 Å². The van der Waals surface area contributed by atoms with E-state index in [2.05, 4.69) is 16.4 Å². The molecule has 0 aliphatic heterocycles. The Kier molecular flexibility index (Phi) is 4.50. The first kappa shape index (κ1) is 13.8. The minimum atomic E-state index is 0.385. The van der Waals surface area contributed by atoms with Crippen molar-refractivity contribution in [1.82, 2.24) is 4.98 Å². The van der Waals surface area contributed by atoms with E-state index in [0.717, 1.165) is 49.5 Å². The van der Waals surface area contributed by atoms with Crippen molar-refractivity contribution in [1.29, 1.82) is 0 Å². The monoisotopic (exact) mass is 291 g/mol. The highest BCUT2D eigenvalue weighted by Crippen LogP contribution is 2.25. The van der Waals surface area contributed by atoms with Gasteiger partial charge < -0.3 is 15.8 Å². The van der Waals surface area contributed by atoms with Gasteiger partial charge >= 0.3 is 0 Å². The Balaban J connectivity index is 1.41. The highest BCUT2D eigenvalue weighted by atomic mass is 32.1. The number of para-hydroxylation sites is 1. The van der Waals surface area contributed by atoms with Crippen LogP contribution in [0.3, 0.4) is 0 Å². The lowest BCUT2D eigenvalue weighted by Gasteiger charge is -2.26. The highest BCUT2D eigenvalue weighted by molar-refractivity contribution is 7.22. The summed E-state index contributed by atoms with van der Waals surface area (Å²) in [6.45, 7) is 1.54. The van der Waals surface area contributed by atoms with Crippen molar-refractivity contribution in [3.05, 3.63) is 24.3 Å². The number of hydrogen-bond acceptors (Lipinski definition) is 5. The first-order chi connectivity index (χ1) is 9.81. The summed E-state index contributed by atoms with van der Waals surface area (Å²) in [4.78, 5) is 4.54. The molecule has 0 saturated heterocycles. The average molecular weight is 291 g/mol. The maximum atomic E-state index is 5.89. The molecule has 0 radical (unpaired) electrons. The summed E-state index contributed by atoms with van der Waals surface area (Å²) in [6.07, 6.45) is 4.78. The van der Waals surface area contributed by atoms with Crippen LogP contribution in [-0.4, -0.2) is 30.3 Å². The Labute approximate surface area is 123 Å². The fourth-order valence-corrected chi connectivity index (χ4v) is 3.48. The Morgan fingerprint density at radius 2 is 2.05 bits per heavy atom. The van der Waals surface area contributed by atoms with E-state index in [1.807, 2.05) is 18.2 Å². The molecule has 0 amide bonds. The molecule has 108 valence electrons. The highest BCUT2D eigenvalue weighted by Gasteiger charge is 2.18. The van der Waals surface area contributed by atoms with Crippen molar-refractivity contribution in [2.24, 2.45) is 5.73 Å². The van der Waals surface area contributed by atoms with Crippen LogP contribution >= 0.6 is 11.3 Å². The molecule has 0 bridgehead atoms. The molecule has 0 spiro atoms. The number of nitrogens with two attached hydrogens (primary N) is 1. The average Bonchev–Trinajstić information content (AvgIpc) is 2.88. The molecule has 1 saturated carbocycles. The van der Waals surface area contributed by atoms with Gasteiger partial charge in [-0.3, -0.25) is 0 Å². The van der Waals surface area contributed by atoms with Gasteiger partial charge in [0.2, 0.25) is 0 Å². The molecule has 3 N–H and O–H groups in total. The molecule has 3 rings (SSSR count). The summed E-state index contributed by atoms with van der Waals surface area (Å²) < 4.78 is 7.11. The first-order valence-electron chi connectivity index (χ1n) is 7.28. The number of thiazole rings is 1.